The smallest absolute Gasteiger partial charge is 0.234 e. The quantitative estimate of drug-likeness (QED) is 0.710. The van der Waals surface area contributed by atoms with Gasteiger partial charge < -0.3 is 15.2 Å². The summed E-state index contributed by atoms with van der Waals surface area (Å²) in [5.41, 5.74) is 3.20. The molecular weight excluding hydrogens is 244 g/mol. The number of imidazole rings is 1. The van der Waals surface area contributed by atoms with Gasteiger partial charge in [-0.1, -0.05) is 0 Å². The molecule has 0 saturated carbocycles. The fraction of sp³-hybridized carbons (Fsp3) is 0.538. The van der Waals surface area contributed by atoms with Crippen molar-refractivity contribution in [3.63, 3.8) is 0 Å². The second-order valence-electron chi connectivity index (χ2n) is 4.44. The Labute approximate surface area is 112 Å². The highest BCUT2D eigenvalue weighted by atomic mass is 16.5. The Kier molecular flexibility index (Phi) is 4.84. The molecule has 6 heteroatoms. The summed E-state index contributed by atoms with van der Waals surface area (Å²) in [7, 11) is 0. The van der Waals surface area contributed by atoms with Crippen LogP contribution in [0, 0.1) is 13.8 Å². The lowest BCUT2D eigenvalue weighted by Crippen LogP contribution is -2.21. The van der Waals surface area contributed by atoms with Gasteiger partial charge in [0, 0.05) is 24.5 Å². The first-order valence-corrected chi connectivity index (χ1v) is 6.42. The van der Waals surface area contributed by atoms with Crippen LogP contribution in [-0.4, -0.2) is 45.8 Å². The molecule has 0 aliphatic rings. The summed E-state index contributed by atoms with van der Waals surface area (Å²) < 4.78 is 7.23. The lowest BCUT2D eigenvalue weighted by Gasteiger charge is -2.07. The summed E-state index contributed by atoms with van der Waals surface area (Å²) in [6.07, 6.45) is 1.84. The molecule has 2 heterocycles. The monoisotopic (exact) mass is 264 g/mol. The van der Waals surface area contributed by atoms with Crippen LogP contribution in [0.25, 0.3) is 5.78 Å². The van der Waals surface area contributed by atoms with Gasteiger partial charge in [-0.25, -0.2) is 9.97 Å². The van der Waals surface area contributed by atoms with E-state index in [-0.39, 0.29) is 6.61 Å². The summed E-state index contributed by atoms with van der Waals surface area (Å²) in [5, 5.41) is 11.9. The Morgan fingerprint density at radius 1 is 1.37 bits per heavy atom. The molecule has 0 bridgehead atoms. The van der Waals surface area contributed by atoms with Crippen molar-refractivity contribution in [1.82, 2.24) is 19.7 Å². The minimum absolute atomic E-state index is 0.0669. The second-order valence-corrected chi connectivity index (χ2v) is 4.44. The number of aliphatic hydroxyl groups excluding tert-OH is 1. The van der Waals surface area contributed by atoms with E-state index in [0.29, 0.717) is 13.2 Å². The van der Waals surface area contributed by atoms with Crippen LogP contribution in [0.15, 0.2) is 12.3 Å². The molecule has 2 aromatic heterocycles. The predicted molar refractivity (Wildman–Crippen MR) is 72.1 cm³/mol. The zero-order valence-corrected chi connectivity index (χ0v) is 11.4. The minimum Gasteiger partial charge on any atom is -0.394 e. The van der Waals surface area contributed by atoms with Crippen LogP contribution < -0.4 is 5.32 Å². The number of ether oxygens (including phenoxy) is 1. The third kappa shape index (κ3) is 3.50. The van der Waals surface area contributed by atoms with Crippen LogP contribution in [0.4, 0.5) is 0 Å². The van der Waals surface area contributed by atoms with E-state index < -0.39 is 0 Å². The largest absolute Gasteiger partial charge is 0.394 e. The first-order chi connectivity index (χ1) is 9.22. The minimum atomic E-state index is 0.0669. The normalized spacial score (nSPS) is 11.3. The number of fused-ring (bicyclic) bond motifs is 1. The zero-order valence-electron chi connectivity index (χ0n) is 11.4. The van der Waals surface area contributed by atoms with Gasteiger partial charge in [0.1, 0.15) is 0 Å². The average Bonchev–Trinajstić information content (AvgIpc) is 2.77. The standard InChI is InChI=1S/C13H20N4O2/c1-10-7-11(2)17-12(9-15-13(17)16-10)8-14-3-5-19-6-4-18/h7,9,14,18H,3-6,8H2,1-2H3. The molecule has 0 aliphatic heterocycles. The van der Waals surface area contributed by atoms with E-state index in [4.69, 9.17) is 9.84 Å². The van der Waals surface area contributed by atoms with Crippen LogP contribution >= 0.6 is 0 Å². The van der Waals surface area contributed by atoms with Crippen molar-refractivity contribution in [2.45, 2.75) is 20.4 Å². The van der Waals surface area contributed by atoms with E-state index in [1.165, 1.54) is 0 Å². The van der Waals surface area contributed by atoms with Gasteiger partial charge in [-0.2, -0.15) is 0 Å². The molecule has 104 valence electrons. The molecule has 2 aromatic rings. The maximum absolute atomic E-state index is 8.58. The molecule has 0 aromatic carbocycles. The number of aryl methyl sites for hydroxylation is 2. The Morgan fingerprint density at radius 3 is 3.00 bits per heavy atom. The Hall–Kier alpha value is -1.50. The third-order valence-corrected chi connectivity index (χ3v) is 2.83. The van der Waals surface area contributed by atoms with E-state index >= 15 is 0 Å². The van der Waals surface area contributed by atoms with Crippen LogP contribution in [0.2, 0.25) is 0 Å². The topological polar surface area (TPSA) is 71.7 Å². The molecule has 0 saturated heterocycles. The zero-order chi connectivity index (χ0) is 13.7. The van der Waals surface area contributed by atoms with Crippen LogP contribution in [0.1, 0.15) is 17.1 Å². The van der Waals surface area contributed by atoms with Gasteiger partial charge in [0.25, 0.3) is 0 Å². The fourth-order valence-corrected chi connectivity index (χ4v) is 2.05. The van der Waals surface area contributed by atoms with Gasteiger partial charge in [0.05, 0.1) is 31.7 Å². The van der Waals surface area contributed by atoms with Gasteiger partial charge in [-0.3, -0.25) is 4.40 Å². The van der Waals surface area contributed by atoms with Crippen molar-refractivity contribution >= 4 is 5.78 Å². The van der Waals surface area contributed by atoms with E-state index in [0.717, 1.165) is 35.9 Å². The van der Waals surface area contributed by atoms with Gasteiger partial charge in [-0.15, -0.1) is 0 Å². The Morgan fingerprint density at radius 2 is 2.21 bits per heavy atom. The van der Waals surface area contributed by atoms with E-state index in [2.05, 4.69) is 26.6 Å². The lowest BCUT2D eigenvalue weighted by atomic mass is 10.3. The molecule has 2 rings (SSSR count). The van der Waals surface area contributed by atoms with E-state index in [1.54, 1.807) is 0 Å². The van der Waals surface area contributed by atoms with Crippen molar-refractivity contribution in [1.29, 1.82) is 0 Å². The van der Waals surface area contributed by atoms with Crippen LogP contribution in [0.3, 0.4) is 0 Å². The third-order valence-electron chi connectivity index (χ3n) is 2.83. The Balaban J connectivity index is 1.94. The molecule has 0 fully saturated rings. The summed E-state index contributed by atoms with van der Waals surface area (Å²) >= 11 is 0. The number of hydrogen-bond acceptors (Lipinski definition) is 5. The van der Waals surface area contributed by atoms with Crippen LogP contribution in [0.5, 0.6) is 0 Å². The lowest BCUT2D eigenvalue weighted by molar-refractivity contribution is 0.0937. The molecule has 0 spiro atoms. The molecule has 0 atom stereocenters. The Bertz CT molecular complexity index is 539. The molecule has 0 amide bonds. The summed E-state index contributed by atoms with van der Waals surface area (Å²) in [6, 6.07) is 2.04. The van der Waals surface area contributed by atoms with Crippen molar-refractivity contribution in [2.24, 2.45) is 0 Å². The molecule has 0 unspecified atom stereocenters. The summed E-state index contributed by atoms with van der Waals surface area (Å²) in [4.78, 5) is 8.71. The van der Waals surface area contributed by atoms with Gasteiger partial charge in [0.2, 0.25) is 5.78 Å². The van der Waals surface area contributed by atoms with Crippen molar-refractivity contribution in [2.75, 3.05) is 26.4 Å². The number of rotatable bonds is 7. The fourth-order valence-electron chi connectivity index (χ4n) is 2.05. The van der Waals surface area contributed by atoms with Gasteiger partial charge >= 0.3 is 0 Å². The molecule has 0 radical (unpaired) electrons. The number of nitrogens with zero attached hydrogens (tertiary/aromatic N) is 3. The van der Waals surface area contributed by atoms with E-state index in [9.17, 15) is 0 Å². The second kappa shape index (κ2) is 6.60. The number of aromatic nitrogens is 3. The number of hydrogen-bond donors (Lipinski definition) is 2. The highest BCUT2D eigenvalue weighted by Gasteiger charge is 2.06. The summed E-state index contributed by atoms with van der Waals surface area (Å²) in [5.74, 6) is 0.742. The first kappa shape index (κ1) is 13.9. The SMILES string of the molecule is Cc1cc(C)n2c(CNCCOCCO)cnc2n1. The molecule has 2 N–H and O–H groups in total. The van der Waals surface area contributed by atoms with Gasteiger partial charge in [-0.05, 0) is 19.9 Å². The summed E-state index contributed by atoms with van der Waals surface area (Å²) in [6.45, 7) is 6.53. The molecule has 6 nitrogen and oxygen atoms in total. The number of nitrogens with one attached hydrogen (secondary N) is 1. The van der Waals surface area contributed by atoms with Crippen molar-refractivity contribution in [3.8, 4) is 0 Å². The first-order valence-electron chi connectivity index (χ1n) is 6.42. The highest BCUT2D eigenvalue weighted by molar-refractivity contribution is 5.35. The average molecular weight is 264 g/mol. The van der Waals surface area contributed by atoms with Gasteiger partial charge in [0.15, 0.2) is 0 Å². The highest BCUT2D eigenvalue weighted by Crippen LogP contribution is 2.09. The predicted octanol–water partition coefficient (Wildman–Crippen LogP) is 0.445. The maximum atomic E-state index is 8.58. The molecule has 0 aliphatic carbocycles. The maximum Gasteiger partial charge on any atom is 0.234 e. The molecular formula is C13H20N4O2. The van der Waals surface area contributed by atoms with E-state index in [1.807, 2.05) is 19.2 Å². The van der Waals surface area contributed by atoms with Crippen molar-refractivity contribution < 1.29 is 9.84 Å². The number of aliphatic hydroxyl groups is 1. The van der Waals surface area contributed by atoms with Crippen molar-refractivity contribution in [3.05, 3.63) is 29.3 Å². The molecule has 19 heavy (non-hydrogen) atoms. The van der Waals surface area contributed by atoms with Crippen LogP contribution in [-0.2, 0) is 11.3 Å².